The molecule has 0 bridgehead atoms. The minimum absolute atomic E-state index is 0.136. The lowest BCUT2D eigenvalue weighted by Crippen LogP contribution is -2.47. The van der Waals surface area contributed by atoms with Gasteiger partial charge in [0.05, 0.1) is 13.2 Å². The Morgan fingerprint density at radius 3 is 2.62 bits per heavy atom. The SMILES string of the molecule is COCCOCC(=O)N[C@H](Cc1cccc2ccccc12)C(N)=O. The Labute approximate surface area is 140 Å². The molecule has 6 nitrogen and oxygen atoms in total. The number of methoxy groups -OCH3 is 1. The zero-order valence-electron chi connectivity index (χ0n) is 13.7. The summed E-state index contributed by atoms with van der Waals surface area (Å²) >= 11 is 0. The monoisotopic (exact) mass is 330 g/mol. The first-order valence-corrected chi connectivity index (χ1v) is 7.74. The fourth-order valence-corrected chi connectivity index (χ4v) is 2.46. The predicted molar refractivity (Wildman–Crippen MR) is 91.5 cm³/mol. The zero-order chi connectivity index (χ0) is 17.4. The number of amides is 2. The van der Waals surface area contributed by atoms with Crippen molar-refractivity contribution in [1.29, 1.82) is 0 Å². The normalized spacial score (nSPS) is 12.0. The molecule has 0 aliphatic carbocycles. The summed E-state index contributed by atoms with van der Waals surface area (Å²) in [5.74, 6) is -0.955. The lowest BCUT2D eigenvalue weighted by Gasteiger charge is -2.17. The fourth-order valence-electron chi connectivity index (χ4n) is 2.46. The molecule has 0 spiro atoms. The molecule has 1 atom stereocenters. The van der Waals surface area contributed by atoms with Gasteiger partial charge in [-0.15, -0.1) is 0 Å². The van der Waals surface area contributed by atoms with E-state index in [2.05, 4.69) is 5.32 Å². The maximum Gasteiger partial charge on any atom is 0.246 e. The third-order valence-corrected chi connectivity index (χ3v) is 3.65. The fraction of sp³-hybridized carbons (Fsp3) is 0.333. The summed E-state index contributed by atoms with van der Waals surface area (Å²) in [4.78, 5) is 23.6. The van der Waals surface area contributed by atoms with E-state index in [1.54, 1.807) is 7.11 Å². The van der Waals surface area contributed by atoms with E-state index in [1.807, 2.05) is 42.5 Å². The number of carbonyl (C=O) groups excluding carboxylic acids is 2. The van der Waals surface area contributed by atoms with Crippen LogP contribution in [0.5, 0.6) is 0 Å². The second kappa shape index (κ2) is 9.00. The molecule has 2 aromatic rings. The molecule has 3 N–H and O–H groups in total. The molecular formula is C18H22N2O4. The molecule has 128 valence electrons. The highest BCUT2D eigenvalue weighted by molar-refractivity contribution is 5.89. The van der Waals surface area contributed by atoms with Gasteiger partial charge in [-0.05, 0) is 16.3 Å². The Morgan fingerprint density at radius 2 is 1.88 bits per heavy atom. The van der Waals surface area contributed by atoms with Crippen molar-refractivity contribution >= 4 is 22.6 Å². The van der Waals surface area contributed by atoms with Gasteiger partial charge in [-0.25, -0.2) is 0 Å². The molecule has 0 saturated carbocycles. The molecule has 2 amide bonds. The van der Waals surface area contributed by atoms with Crippen LogP contribution in [0.1, 0.15) is 5.56 Å². The van der Waals surface area contributed by atoms with Gasteiger partial charge >= 0.3 is 0 Å². The number of carbonyl (C=O) groups is 2. The summed E-state index contributed by atoms with van der Waals surface area (Å²) in [6, 6.07) is 12.9. The van der Waals surface area contributed by atoms with Crippen LogP contribution < -0.4 is 11.1 Å². The molecule has 0 aliphatic heterocycles. The Hall–Kier alpha value is -2.44. The van der Waals surface area contributed by atoms with Crippen molar-refractivity contribution in [3.8, 4) is 0 Å². The van der Waals surface area contributed by atoms with Gasteiger partial charge < -0.3 is 20.5 Å². The topological polar surface area (TPSA) is 90.7 Å². The lowest BCUT2D eigenvalue weighted by atomic mass is 9.98. The first kappa shape index (κ1) is 17.9. The predicted octanol–water partition coefficient (Wildman–Crippen LogP) is 1.02. The molecular weight excluding hydrogens is 308 g/mol. The minimum Gasteiger partial charge on any atom is -0.382 e. The highest BCUT2D eigenvalue weighted by atomic mass is 16.5. The van der Waals surface area contributed by atoms with Gasteiger partial charge in [-0.3, -0.25) is 9.59 Å². The standard InChI is InChI=1S/C18H22N2O4/c1-23-9-10-24-12-17(21)20-16(18(19)22)11-14-7-4-6-13-5-2-3-8-15(13)14/h2-8,16H,9-12H2,1H3,(H2,19,22)(H,20,21)/t16-/m1/s1. The van der Waals surface area contributed by atoms with E-state index in [0.717, 1.165) is 16.3 Å². The van der Waals surface area contributed by atoms with Crippen LogP contribution in [0.2, 0.25) is 0 Å². The number of nitrogens with two attached hydrogens (primary N) is 1. The van der Waals surface area contributed by atoms with Crippen molar-refractivity contribution in [3.63, 3.8) is 0 Å². The average molecular weight is 330 g/mol. The van der Waals surface area contributed by atoms with Gasteiger partial charge in [-0.2, -0.15) is 0 Å². The molecule has 6 heteroatoms. The Kier molecular flexibility index (Phi) is 6.72. The smallest absolute Gasteiger partial charge is 0.246 e. The van der Waals surface area contributed by atoms with Crippen LogP contribution in [0.15, 0.2) is 42.5 Å². The van der Waals surface area contributed by atoms with Gasteiger partial charge in [-0.1, -0.05) is 42.5 Å². The van der Waals surface area contributed by atoms with E-state index in [-0.39, 0.29) is 12.5 Å². The number of rotatable bonds is 9. The summed E-state index contributed by atoms with van der Waals surface area (Å²) in [5.41, 5.74) is 6.39. The molecule has 24 heavy (non-hydrogen) atoms. The third-order valence-electron chi connectivity index (χ3n) is 3.65. The zero-order valence-corrected chi connectivity index (χ0v) is 13.7. The van der Waals surface area contributed by atoms with Gasteiger partial charge in [0.25, 0.3) is 0 Å². The van der Waals surface area contributed by atoms with Crippen molar-refractivity contribution in [3.05, 3.63) is 48.0 Å². The number of benzene rings is 2. The van der Waals surface area contributed by atoms with Gasteiger partial charge in [0.1, 0.15) is 12.6 Å². The van der Waals surface area contributed by atoms with Crippen LogP contribution in [0.25, 0.3) is 10.8 Å². The summed E-state index contributed by atoms with van der Waals surface area (Å²) in [6.07, 6.45) is 0.334. The average Bonchev–Trinajstić information content (AvgIpc) is 2.58. The quantitative estimate of drug-likeness (QED) is 0.672. The van der Waals surface area contributed by atoms with Gasteiger partial charge in [0.15, 0.2) is 0 Å². The number of fused-ring (bicyclic) bond motifs is 1. The first-order chi connectivity index (χ1) is 11.6. The summed E-state index contributed by atoms with van der Waals surface area (Å²) in [6.45, 7) is 0.583. The molecule has 0 radical (unpaired) electrons. The van der Waals surface area contributed by atoms with Crippen LogP contribution in [0, 0.1) is 0 Å². The van der Waals surface area contributed by atoms with Crippen molar-refractivity contribution in [1.82, 2.24) is 5.32 Å². The number of nitrogens with one attached hydrogen (secondary N) is 1. The van der Waals surface area contributed by atoms with Crippen LogP contribution in [-0.2, 0) is 25.5 Å². The second-order valence-electron chi connectivity index (χ2n) is 5.41. The number of hydrogen-bond donors (Lipinski definition) is 2. The van der Waals surface area contributed by atoms with Crippen molar-refractivity contribution in [2.24, 2.45) is 5.73 Å². The van der Waals surface area contributed by atoms with Crippen molar-refractivity contribution in [2.45, 2.75) is 12.5 Å². The van der Waals surface area contributed by atoms with Crippen LogP contribution in [0.4, 0.5) is 0 Å². The van der Waals surface area contributed by atoms with E-state index in [0.29, 0.717) is 19.6 Å². The third kappa shape index (κ3) is 5.04. The Morgan fingerprint density at radius 1 is 1.12 bits per heavy atom. The van der Waals surface area contributed by atoms with Crippen LogP contribution in [0.3, 0.4) is 0 Å². The number of ether oxygens (including phenoxy) is 2. The van der Waals surface area contributed by atoms with E-state index in [4.69, 9.17) is 15.2 Å². The van der Waals surface area contributed by atoms with Crippen LogP contribution in [-0.4, -0.2) is 44.8 Å². The molecule has 0 fully saturated rings. The largest absolute Gasteiger partial charge is 0.382 e. The van der Waals surface area contributed by atoms with Gasteiger partial charge in [0, 0.05) is 13.5 Å². The van der Waals surface area contributed by atoms with Crippen LogP contribution >= 0.6 is 0 Å². The summed E-state index contributed by atoms with van der Waals surface area (Å²) in [7, 11) is 1.55. The van der Waals surface area contributed by atoms with Crippen molar-refractivity contribution < 1.29 is 19.1 Å². The molecule has 0 aliphatic rings. The molecule has 2 rings (SSSR count). The molecule has 0 aromatic heterocycles. The maximum atomic E-state index is 11.9. The Bertz CT molecular complexity index is 697. The summed E-state index contributed by atoms with van der Waals surface area (Å²) < 4.78 is 9.98. The highest BCUT2D eigenvalue weighted by Crippen LogP contribution is 2.19. The van der Waals surface area contributed by atoms with E-state index in [9.17, 15) is 9.59 Å². The molecule has 0 unspecified atom stereocenters. The molecule has 0 heterocycles. The molecule has 2 aromatic carbocycles. The molecule has 0 saturated heterocycles. The first-order valence-electron chi connectivity index (χ1n) is 7.74. The minimum atomic E-state index is -0.783. The lowest BCUT2D eigenvalue weighted by molar-refractivity contribution is -0.130. The maximum absolute atomic E-state index is 11.9. The van der Waals surface area contributed by atoms with E-state index < -0.39 is 11.9 Å². The Balaban J connectivity index is 2.03. The van der Waals surface area contributed by atoms with Crippen molar-refractivity contribution in [2.75, 3.05) is 26.9 Å². The highest BCUT2D eigenvalue weighted by Gasteiger charge is 2.19. The number of primary amides is 1. The number of hydrogen-bond acceptors (Lipinski definition) is 4. The van der Waals surface area contributed by atoms with E-state index >= 15 is 0 Å². The summed E-state index contributed by atoms with van der Waals surface area (Å²) in [5, 5.41) is 4.74. The van der Waals surface area contributed by atoms with E-state index in [1.165, 1.54) is 0 Å². The second-order valence-corrected chi connectivity index (χ2v) is 5.41. The van der Waals surface area contributed by atoms with Gasteiger partial charge in [0.2, 0.25) is 11.8 Å².